The van der Waals surface area contributed by atoms with Crippen molar-refractivity contribution in [3.05, 3.63) is 0 Å². The first kappa shape index (κ1) is 15.4. The van der Waals surface area contributed by atoms with Crippen molar-refractivity contribution >= 4 is 5.91 Å². The van der Waals surface area contributed by atoms with Gasteiger partial charge >= 0.3 is 0 Å². The van der Waals surface area contributed by atoms with E-state index in [1.54, 1.807) is 4.90 Å². The summed E-state index contributed by atoms with van der Waals surface area (Å²) >= 11 is 0. The Morgan fingerprint density at radius 1 is 1.39 bits per heavy atom. The van der Waals surface area contributed by atoms with Crippen LogP contribution in [-0.2, 0) is 4.79 Å². The highest BCUT2D eigenvalue weighted by atomic mass is 16.2. The van der Waals surface area contributed by atoms with Gasteiger partial charge in [0.25, 0.3) is 0 Å². The number of piperidine rings is 1. The molecule has 1 amide bonds. The standard InChI is InChI=1S/C14H29N3O/c1-14(2,3)15-9-12-7-6-8-17(10-12)11-13(18)16(4)5/h12,15H,6-11H2,1-5H3. The molecule has 1 aliphatic heterocycles. The minimum Gasteiger partial charge on any atom is -0.348 e. The Hall–Kier alpha value is -0.610. The van der Waals surface area contributed by atoms with E-state index in [-0.39, 0.29) is 11.4 Å². The predicted molar refractivity (Wildman–Crippen MR) is 75.6 cm³/mol. The zero-order valence-corrected chi connectivity index (χ0v) is 12.6. The van der Waals surface area contributed by atoms with Gasteiger partial charge in [-0.3, -0.25) is 9.69 Å². The molecule has 0 aromatic carbocycles. The Balaban J connectivity index is 2.34. The number of carbonyl (C=O) groups excluding carboxylic acids is 1. The van der Waals surface area contributed by atoms with E-state index in [0.29, 0.717) is 12.5 Å². The van der Waals surface area contributed by atoms with Crippen molar-refractivity contribution in [2.75, 3.05) is 40.3 Å². The van der Waals surface area contributed by atoms with Gasteiger partial charge in [0.2, 0.25) is 5.91 Å². The Bertz CT molecular complexity index is 271. The third kappa shape index (κ3) is 5.83. The largest absolute Gasteiger partial charge is 0.348 e. The van der Waals surface area contributed by atoms with Crippen molar-refractivity contribution in [2.45, 2.75) is 39.2 Å². The Morgan fingerprint density at radius 3 is 2.61 bits per heavy atom. The summed E-state index contributed by atoms with van der Waals surface area (Å²) in [6, 6.07) is 0. The van der Waals surface area contributed by atoms with E-state index in [1.807, 2.05) is 14.1 Å². The first-order chi connectivity index (χ1) is 8.28. The van der Waals surface area contributed by atoms with Gasteiger partial charge in [-0.1, -0.05) is 0 Å². The van der Waals surface area contributed by atoms with Crippen molar-refractivity contribution in [1.29, 1.82) is 0 Å². The van der Waals surface area contributed by atoms with Crippen molar-refractivity contribution in [3.8, 4) is 0 Å². The fourth-order valence-corrected chi connectivity index (χ4v) is 2.24. The average molecular weight is 255 g/mol. The van der Waals surface area contributed by atoms with Crippen LogP contribution in [0, 0.1) is 5.92 Å². The molecule has 106 valence electrons. The molecule has 4 heteroatoms. The molecule has 1 heterocycles. The summed E-state index contributed by atoms with van der Waals surface area (Å²) in [4.78, 5) is 15.7. The topological polar surface area (TPSA) is 35.6 Å². The lowest BCUT2D eigenvalue weighted by molar-refractivity contribution is -0.130. The number of rotatable bonds is 4. The normalized spacial score (nSPS) is 21.9. The van der Waals surface area contributed by atoms with Crippen LogP contribution in [0.5, 0.6) is 0 Å². The van der Waals surface area contributed by atoms with Crippen LogP contribution in [0.25, 0.3) is 0 Å². The van der Waals surface area contributed by atoms with Gasteiger partial charge in [0.05, 0.1) is 6.54 Å². The van der Waals surface area contributed by atoms with Crippen LogP contribution in [0.3, 0.4) is 0 Å². The molecule has 1 atom stereocenters. The molecule has 1 rings (SSSR count). The van der Waals surface area contributed by atoms with Gasteiger partial charge in [0.15, 0.2) is 0 Å². The Kier molecular flexibility index (Phi) is 5.60. The molecular formula is C14H29N3O. The molecular weight excluding hydrogens is 226 g/mol. The van der Waals surface area contributed by atoms with Crippen LogP contribution in [0.4, 0.5) is 0 Å². The molecule has 0 radical (unpaired) electrons. The first-order valence-electron chi connectivity index (χ1n) is 6.95. The summed E-state index contributed by atoms with van der Waals surface area (Å²) in [6.07, 6.45) is 2.48. The highest BCUT2D eigenvalue weighted by Gasteiger charge is 2.23. The molecule has 0 spiro atoms. The fourth-order valence-electron chi connectivity index (χ4n) is 2.24. The minimum absolute atomic E-state index is 0.182. The SMILES string of the molecule is CN(C)C(=O)CN1CCCC(CNC(C)(C)C)C1. The monoisotopic (exact) mass is 255 g/mol. The van der Waals surface area contributed by atoms with Gasteiger partial charge in [-0.2, -0.15) is 0 Å². The van der Waals surface area contributed by atoms with Crippen molar-refractivity contribution in [2.24, 2.45) is 5.92 Å². The number of hydrogen-bond donors (Lipinski definition) is 1. The highest BCUT2D eigenvalue weighted by molar-refractivity contribution is 5.77. The second-order valence-corrected chi connectivity index (χ2v) is 6.66. The maximum absolute atomic E-state index is 11.7. The molecule has 0 bridgehead atoms. The van der Waals surface area contributed by atoms with Gasteiger partial charge in [-0.25, -0.2) is 0 Å². The molecule has 0 aromatic heterocycles. The van der Waals surface area contributed by atoms with Crippen LogP contribution < -0.4 is 5.32 Å². The predicted octanol–water partition coefficient (Wildman–Crippen LogP) is 1.17. The third-order valence-electron chi connectivity index (χ3n) is 3.38. The van der Waals surface area contributed by atoms with Crippen molar-refractivity contribution in [1.82, 2.24) is 15.1 Å². The summed E-state index contributed by atoms with van der Waals surface area (Å²) in [7, 11) is 3.65. The molecule has 1 fully saturated rings. The van der Waals surface area contributed by atoms with Crippen LogP contribution in [-0.4, -0.2) is 61.5 Å². The van der Waals surface area contributed by atoms with E-state index in [0.717, 1.165) is 19.6 Å². The number of nitrogens with zero attached hydrogens (tertiary/aromatic N) is 2. The minimum atomic E-state index is 0.182. The number of nitrogens with one attached hydrogen (secondary N) is 1. The lowest BCUT2D eigenvalue weighted by Gasteiger charge is -2.34. The average Bonchev–Trinajstić information content (AvgIpc) is 2.26. The summed E-state index contributed by atoms with van der Waals surface area (Å²) in [5.74, 6) is 0.882. The second-order valence-electron chi connectivity index (χ2n) is 6.66. The number of amides is 1. The Morgan fingerprint density at radius 2 is 2.06 bits per heavy atom. The first-order valence-corrected chi connectivity index (χ1v) is 6.95. The number of hydrogen-bond acceptors (Lipinski definition) is 3. The van der Waals surface area contributed by atoms with Crippen LogP contribution in [0.15, 0.2) is 0 Å². The smallest absolute Gasteiger partial charge is 0.236 e. The Labute approximate surface area is 112 Å². The van der Waals surface area contributed by atoms with E-state index < -0.39 is 0 Å². The van der Waals surface area contributed by atoms with Gasteiger partial charge in [0, 0.05) is 26.2 Å². The zero-order valence-electron chi connectivity index (χ0n) is 12.6. The van der Waals surface area contributed by atoms with E-state index in [9.17, 15) is 4.79 Å². The second kappa shape index (κ2) is 6.53. The summed E-state index contributed by atoms with van der Waals surface area (Å²) in [5, 5.41) is 3.57. The highest BCUT2D eigenvalue weighted by Crippen LogP contribution is 2.16. The molecule has 4 nitrogen and oxygen atoms in total. The van der Waals surface area contributed by atoms with Crippen LogP contribution in [0.1, 0.15) is 33.6 Å². The van der Waals surface area contributed by atoms with Gasteiger partial charge < -0.3 is 10.2 Å². The molecule has 1 unspecified atom stereocenters. The van der Waals surface area contributed by atoms with E-state index in [4.69, 9.17) is 0 Å². The molecule has 18 heavy (non-hydrogen) atoms. The molecule has 1 saturated heterocycles. The number of likely N-dealkylation sites (tertiary alicyclic amines) is 1. The van der Waals surface area contributed by atoms with Gasteiger partial charge in [-0.15, -0.1) is 0 Å². The molecule has 0 aliphatic carbocycles. The molecule has 0 aromatic rings. The quantitative estimate of drug-likeness (QED) is 0.819. The zero-order chi connectivity index (χ0) is 13.8. The lowest BCUT2D eigenvalue weighted by Crippen LogP contribution is -2.46. The maximum atomic E-state index is 11.7. The third-order valence-corrected chi connectivity index (χ3v) is 3.38. The molecule has 1 N–H and O–H groups in total. The van der Waals surface area contributed by atoms with E-state index >= 15 is 0 Å². The summed E-state index contributed by atoms with van der Waals surface area (Å²) < 4.78 is 0. The number of likely N-dealkylation sites (N-methyl/N-ethyl adjacent to an activating group) is 1. The maximum Gasteiger partial charge on any atom is 0.236 e. The van der Waals surface area contributed by atoms with Crippen LogP contribution >= 0.6 is 0 Å². The van der Waals surface area contributed by atoms with Gasteiger partial charge in [-0.05, 0) is 52.6 Å². The van der Waals surface area contributed by atoms with E-state index in [2.05, 4.69) is 31.0 Å². The molecule has 0 saturated carbocycles. The van der Waals surface area contributed by atoms with Crippen molar-refractivity contribution < 1.29 is 4.79 Å². The fraction of sp³-hybridized carbons (Fsp3) is 0.929. The van der Waals surface area contributed by atoms with Gasteiger partial charge in [0.1, 0.15) is 0 Å². The lowest BCUT2D eigenvalue weighted by atomic mass is 9.96. The van der Waals surface area contributed by atoms with E-state index in [1.165, 1.54) is 12.8 Å². The molecule has 1 aliphatic rings. The van der Waals surface area contributed by atoms with Crippen molar-refractivity contribution in [3.63, 3.8) is 0 Å². The number of carbonyl (C=O) groups is 1. The summed E-state index contributed by atoms with van der Waals surface area (Å²) in [5.41, 5.74) is 0.182. The van der Waals surface area contributed by atoms with Crippen LogP contribution in [0.2, 0.25) is 0 Å². The summed E-state index contributed by atoms with van der Waals surface area (Å²) in [6.45, 7) is 10.3.